The number of rotatable bonds is 17. The lowest BCUT2D eigenvalue weighted by Crippen LogP contribution is -2.68. The fraction of sp³-hybridized carbons (Fsp3) is 0.769. The average molecular weight is 651 g/mol. The van der Waals surface area contributed by atoms with E-state index in [9.17, 15) is 44.1 Å². The standard InChI is InChI=1S/C26H42N4O11S2/c1-25(2,24(40)41-13-14-18(35)19(36)20(37)21-29-22(38)23(39)30(14)21)9-12-42-43-26(3,4)8-7-16(32)28-11-10-27-15(31)5-6-17(33)34/h14,18-21,35-37H,5-13H2,1-4H3,(H,27,31)(H,28,32)(H,29,38)(H,33,34)/t14-,18-,19+,20+,21+/m1/s1. The van der Waals surface area contributed by atoms with E-state index < -0.39 is 72.2 Å². The van der Waals surface area contributed by atoms with Gasteiger partial charge in [0.2, 0.25) is 11.8 Å². The van der Waals surface area contributed by atoms with Crippen molar-refractivity contribution in [2.45, 2.75) is 95.1 Å². The van der Waals surface area contributed by atoms with Crippen LogP contribution in [0.1, 0.15) is 59.8 Å². The molecule has 0 saturated carbocycles. The number of carboxylic acids is 1. The molecule has 0 unspecified atom stereocenters. The van der Waals surface area contributed by atoms with E-state index in [1.165, 1.54) is 10.8 Å². The molecule has 0 aliphatic carbocycles. The first-order chi connectivity index (χ1) is 20.0. The summed E-state index contributed by atoms with van der Waals surface area (Å²) in [6.07, 6.45) is -5.22. The smallest absolute Gasteiger partial charge is 0.314 e. The second-order valence-electron chi connectivity index (χ2n) is 11.7. The molecule has 43 heavy (non-hydrogen) atoms. The first-order valence-corrected chi connectivity index (χ1v) is 16.2. The normalized spacial score (nSPS) is 23.8. The van der Waals surface area contributed by atoms with E-state index in [-0.39, 0.29) is 43.0 Å². The van der Waals surface area contributed by atoms with Gasteiger partial charge in [-0.25, -0.2) is 0 Å². The number of hydrogen-bond donors (Lipinski definition) is 7. The molecule has 0 aromatic carbocycles. The zero-order valence-corrected chi connectivity index (χ0v) is 26.3. The SMILES string of the molecule is CC(C)(CCC(=O)NCCNC(=O)CCC(=O)O)SSCCC(C)(C)C(=O)OC[C@@H]1[C@@H](O)[C@H](O)[C@H](O)[C@H]2NC(=O)C(=O)N12. The van der Waals surface area contributed by atoms with Crippen LogP contribution in [-0.2, 0) is 33.5 Å². The van der Waals surface area contributed by atoms with Crippen LogP contribution < -0.4 is 16.0 Å². The van der Waals surface area contributed by atoms with E-state index in [2.05, 4.69) is 16.0 Å². The van der Waals surface area contributed by atoms with Crippen LogP contribution in [0.3, 0.4) is 0 Å². The molecule has 2 aliphatic rings. The van der Waals surface area contributed by atoms with Crippen molar-refractivity contribution in [1.29, 1.82) is 0 Å². The number of piperidine rings is 1. The fourth-order valence-corrected chi connectivity index (χ4v) is 7.18. The van der Waals surface area contributed by atoms with Crippen molar-refractivity contribution in [1.82, 2.24) is 20.9 Å². The second kappa shape index (κ2) is 15.9. The van der Waals surface area contributed by atoms with Crippen molar-refractivity contribution in [3.05, 3.63) is 0 Å². The lowest BCUT2D eigenvalue weighted by atomic mass is 9.90. The summed E-state index contributed by atoms with van der Waals surface area (Å²) in [5.41, 5.74) is -0.930. The lowest BCUT2D eigenvalue weighted by molar-refractivity contribution is -0.184. The predicted molar refractivity (Wildman–Crippen MR) is 156 cm³/mol. The molecule has 2 aliphatic heterocycles. The highest BCUT2D eigenvalue weighted by molar-refractivity contribution is 8.77. The van der Waals surface area contributed by atoms with Crippen LogP contribution in [0.15, 0.2) is 0 Å². The average Bonchev–Trinajstić information content (AvgIpc) is 3.23. The molecule has 15 nitrogen and oxygen atoms in total. The van der Waals surface area contributed by atoms with E-state index in [1.807, 2.05) is 13.8 Å². The van der Waals surface area contributed by atoms with Gasteiger partial charge in [0.1, 0.15) is 31.1 Å². The summed E-state index contributed by atoms with van der Waals surface area (Å²) in [6.45, 7) is 7.33. The van der Waals surface area contributed by atoms with Crippen LogP contribution >= 0.6 is 21.6 Å². The highest BCUT2D eigenvalue weighted by atomic mass is 33.1. The Morgan fingerprint density at radius 3 is 2.12 bits per heavy atom. The molecule has 0 bridgehead atoms. The maximum atomic E-state index is 12.9. The largest absolute Gasteiger partial charge is 0.481 e. The van der Waals surface area contributed by atoms with Gasteiger partial charge in [-0.05, 0) is 40.5 Å². The Balaban J connectivity index is 1.70. The Morgan fingerprint density at radius 1 is 0.907 bits per heavy atom. The van der Waals surface area contributed by atoms with Crippen molar-refractivity contribution in [3.63, 3.8) is 0 Å². The molecular formula is C26H42N4O11S2. The van der Waals surface area contributed by atoms with Crippen molar-refractivity contribution in [2.75, 3.05) is 25.4 Å². The number of nitrogens with one attached hydrogen (secondary N) is 3. The minimum Gasteiger partial charge on any atom is -0.481 e. The molecule has 244 valence electrons. The first-order valence-electron chi connectivity index (χ1n) is 13.9. The van der Waals surface area contributed by atoms with Crippen molar-refractivity contribution in [2.24, 2.45) is 5.41 Å². The number of amides is 4. The minimum atomic E-state index is -1.66. The third-order valence-electron chi connectivity index (χ3n) is 7.10. The fourth-order valence-electron chi connectivity index (χ4n) is 4.29. The molecule has 4 amide bonds. The van der Waals surface area contributed by atoms with E-state index in [0.717, 1.165) is 4.90 Å². The van der Waals surface area contributed by atoms with Gasteiger partial charge >= 0.3 is 23.8 Å². The van der Waals surface area contributed by atoms with Crippen LogP contribution in [0.25, 0.3) is 0 Å². The van der Waals surface area contributed by atoms with E-state index >= 15 is 0 Å². The number of carboxylic acid groups (broad SMARTS) is 1. The van der Waals surface area contributed by atoms with Crippen LogP contribution in [0, 0.1) is 5.41 Å². The predicted octanol–water partition coefficient (Wildman–Crippen LogP) is -1.27. The number of aliphatic carboxylic acids is 1. The Labute approximate surface area is 257 Å². The lowest BCUT2D eigenvalue weighted by Gasteiger charge is -2.44. The van der Waals surface area contributed by atoms with Gasteiger partial charge in [0, 0.05) is 36.4 Å². The zero-order valence-electron chi connectivity index (χ0n) is 24.7. The number of hydrogen-bond acceptors (Lipinski definition) is 12. The number of nitrogens with zero attached hydrogens (tertiary/aromatic N) is 1. The van der Waals surface area contributed by atoms with Gasteiger partial charge in [0.25, 0.3) is 0 Å². The Kier molecular flexibility index (Phi) is 13.6. The molecule has 7 N–H and O–H groups in total. The highest BCUT2D eigenvalue weighted by Crippen LogP contribution is 2.40. The van der Waals surface area contributed by atoms with Gasteiger partial charge in [-0.15, -0.1) is 0 Å². The number of aliphatic hydroxyl groups excluding tert-OH is 3. The van der Waals surface area contributed by atoms with Gasteiger partial charge < -0.3 is 46.0 Å². The van der Waals surface area contributed by atoms with Crippen LogP contribution in [0.5, 0.6) is 0 Å². The van der Waals surface area contributed by atoms with Crippen LogP contribution in [0.2, 0.25) is 0 Å². The summed E-state index contributed by atoms with van der Waals surface area (Å²) < 4.78 is 5.14. The molecule has 0 aromatic heterocycles. The summed E-state index contributed by atoms with van der Waals surface area (Å²) in [5, 5.41) is 46.8. The molecule has 2 rings (SSSR count). The van der Waals surface area contributed by atoms with Crippen molar-refractivity contribution >= 4 is 57.2 Å². The summed E-state index contributed by atoms with van der Waals surface area (Å²) in [7, 11) is 3.11. The topological polar surface area (TPSA) is 232 Å². The molecule has 2 heterocycles. The first kappa shape index (κ1) is 36.6. The molecular weight excluding hydrogens is 608 g/mol. The van der Waals surface area contributed by atoms with Crippen LogP contribution in [0.4, 0.5) is 0 Å². The maximum Gasteiger partial charge on any atom is 0.314 e. The van der Waals surface area contributed by atoms with E-state index in [0.29, 0.717) is 18.6 Å². The summed E-state index contributed by atoms with van der Waals surface area (Å²) in [4.78, 5) is 72.0. The summed E-state index contributed by atoms with van der Waals surface area (Å²) >= 11 is 0. The summed E-state index contributed by atoms with van der Waals surface area (Å²) in [6, 6.07) is -1.22. The summed E-state index contributed by atoms with van der Waals surface area (Å²) in [5.74, 6) is -3.62. The number of carbonyl (C=O) groups is 6. The number of fused-ring (bicyclic) bond motifs is 1. The Hall–Kier alpha value is -2.60. The van der Waals surface area contributed by atoms with Gasteiger partial charge in [0.15, 0.2) is 0 Å². The van der Waals surface area contributed by atoms with Gasteiger partial charge in [-0.2, -0.15) is 0 Å². The van der Waals surface area contributed by atoms with E-state index in [1.54, 1.807) is 24.6 Å². The van der Waals surface area contributed by atoms with Gasteiger partial charge in [-0.1, -0.05) is 21.6 Å². The highest BCUT2D eigenvalue weighted by Gasteiger charge is 2.55. The van der Waals surface area contributed by atoms with E-state index in [4.69, 9.17) is 9.84 Å². The molecule has 5 atom stereocenters. The van der Waals surface area contributed by atoms with Crippen LogP contribution in [-0.4, -0.2) is 122 Å². The number of aliphatic hydroxyl groups is 3. The zero-order chi connectivity index (χ0) is 32.5. The Morgan fingerprint density at radius 2 is 1.51 bits per heavy atom. The third kappa shape index (κ3) is 10.8. The third-order valence-corrected chi connectivity index (χ3v) is 10.5. The minimum absolute atomic E-state index is 0.117. The van der Waals surface area contributed by atoms with Gasteiger partial charge in [0.05, 0.1) is 17.9 Å². The number of esters is 1. The molecule has 0 radical (unpaired) electrons. The van der Waals surface area contributed by atoms with Crippen molar-refractivity contribution in [3.8, 4) is 0 Å². The quantitative estimate of drug-likeness (QED) is 0.0422. The molecule has 0 spiro atoms. The molecule has 17 heteroatoms. The Bertz CT molecular complexity index is 1060. The number of ether oxygens (including phenoxy) is 1. The molecule has 2 fully saturated rings. The van der Waals surface area contributed by atoms with Crippen molar-refractivity contribution < 1.29 is 53.9 Å². The monoisotopic (exact) mass is 650 g/mol. The second-order valence-corrected chi connectivity index (χ2v) is 14.8. The van der Waals surface area contributed by atoms with Gasteiger partial charge in [-0.3, -0.25) is 28.8 Å². The maximum absolute atomic E-state index is 12.9. The number of carbonyl (C=O) groups excluding carboxylic acids is 5. The molecule has 0 aromatic rings. The molecule has 2 saturated heterocycles.